The summed E-state index contributed by atoms with van der Waals surface area (Å²) in [6.45, 7) is 7.00. The first-order chi connectivity index (χ1) is 30.3. The Kier molecular flexibility index (Phi) is 20.7. The Morgan fingerprint density at radius 2 is 1.12 bits per heavy atom. The minimum Gasteiger partial charge on any atom is -0.508 e. The van der Waals surface area contributed by atoms with E-state index in [1.807, 2.05) is 0 Å². The average molecular weight is 910 g/mol. The van der Waals surface area contributed by atoms with Crippen LogP contribution in [0.15, 0.2) is 67.1 Å². The van der Waals surface area contributed by atoms with Gasteiger partial charge in [-0.25, -0.2) is 9.78 Å². The summed E-state index contributed by atoms with van der Waals surface area (Å²) in [4.78, 5) is 113. The SMILES string of the molecule is CC(C)CC(NC(=O)C(Cc1cnc[nH]1)NC(=O)C(Cc1ccc(O)cc1)NC(=O)C(N)C(C)C)C(=O)NC(CCC(=O)O)C(=O)NC(CS)C(=O)NC(Cc1ccccc1)C(=O)O. The van der Waals surface area contributed by atoms with E-state index in [1.165, 1.54) is 24.7 Å². The number of aliphatic carboxylic acids is 2. The monoisotopic (exact) mass is 909 g/mol. The molecule has 12 N–H and O–H groups in total. The average Bonchev–Trinajstić information content (AvgIpc) is 3.76. The second-order valence-electron chi connectivity index (χ2n) is 16.1. The number of hydrogen-bond donors (Lipinski definition) is 12. The number of nitrogens with one attached hydrogen (secondary N) is 7. The maximum absolute atomic E-state index is 14.2. The number of thiol groups is 1. The van der Waals surface area contributed by atoms with Gasteiger partial charge in [0, 0.05) is 43.3 Å². The highest BCUT2D eigenvalue weighted by atomic mass is 32.1. The molecule has 1 aromatic heterocycles. The van der Waals surface area contributed by atoms with Crippen LogP contribution in [0.1, 0.15) is 63.8 Å². The summed E-state index contributed by atoms with van der Waals surface area (Å²) >= 11 is 4.16. The molecule has 20 nitrogen and oxygen atoms in total. The molecule has 0 spiro atoms. The maximum Gasteiger partial charge on any atom is 0.326 e. The fourth-order valence-corrected chi connectivity index (χ4v) is 6.58. The van der Waals surface area contributed by atoms with Crippen LogP contribution in [0.3, 0.4) is 0 Å². The minimum atomic E-state index is -1.55. The van der Waals surface area contributed by atoms with Crippen LogP contribution < -0.4 is 37.6 Å². The number of H-pyrrole nitrogens is 1. The number of amides is 6. The van der Waals surface area contributed by atoms with Gasteiger partial charge in [0.15, 0.2) is 0 Å². The van der Waals surface area contributed by atoms with Crippen molar-refractivity contribution in [1.82, 2.24) is 41.9 Å². The molecule has 64 heavy (non-hydrogen) atoms. The summed E-state index contributed by atoms with van der Waals surface area (Å²) in [6.07, 6.45) is 1.52. The molecule has 0 radical (unpaired) electrons. The Labute approximate surface area is 376 Å². The zero-order valence-electron chi connectivity index (χ0n) is 36.1. The first-order valence-corrected chi connectivity index (χ1v) is 21.3. The highest BCUT2D eigenvalue weighted by Gasteiger charge is 2.34. The number of carboxylic acid groups (broad SMARTS) is 2. The molecule has 7 unspecified atom stereocenters. The molecule has 348 valence electrons. The summed E-state index contributed by atoms with van der Waals surface area (Å²) < 4.78 is 0. The Bertz CT molecular complexity index is 2040. The van der Waals surface area contributed by atoms with Gasteiger partial charge in [-0.3, -0.25) is 33.6 Å². The van der Waals surface area contributed by atoms with Gasteiger partial charge in [-0.2, -0.15) is 12.6 Å². The number of carboxylic acids is 2. The van der Waals surface area contributed by atoms with Gasteiger partial charge < -0.3 is 57.9 Å². The number of carbonyl (C=O) groups is 8. The number of aromatic amines is 1. The van der Waals surface area contributed by atoms with Crippen LogP contribution in [0, 0.1) is 11.8 Å². The quantitative estimate of drug-likeness (QED) is 0.0472. The highest BCUT2D eigenvalue weighted by molar-refractivity contribution is 7.80. The number of imidazole rings is 1. The molecule has 0 saturated heterocycles. The van der Waals surface area contributed by atoms with Gasteiger partial charge in [-0.1, -0.05) is 70.2 Å². The highest BCUT2D eigenvalue weighted by Crippen LogP contribution is 2.14. The molecule has 1 heterocycles. The van der Waals surface area contributed by atoms with Crippen LogP contribution in [0.4, 0.5) is 0 Å². The first kappa shape index (κ1) is 51.9. The van der Waals surface area contributed by atoms with Crippen molar-refractivity contribution >= 4 is 60.0 Å². The van der Waals surface area contributed by atoms with Crippen molar-refractivity contribution < 1.29 is 53.7 Å². The molecule has 0 aliphatic carbocycles. The second kappa shape index (κ2) is 25.6. The predicted octanol–water partition coefficient (Wildman–Crippen LogP) is -0.0394. The molecule has 0 bridgehead atoms. The zero-order valence-corrected chi connectivity index (χ0v) is 37.0. The Balaban J connectivity index is 1.85. The molecule has 0 fully saturated rings. The van der Waals surface area contributed by atoms with Crippen LogP contribution >= 0.6 is 12.6 Å². The second-order valence-corrected chi connectivity index (χ2v) is 16.4. The lowest BCUT2D eigenvalue weighted by atomic mass is 10.00. The zero-order chi connectivity index (χ0) is 47.5. The third-order valence-electron chi connectivity index (χ3n) is 9.97. The van der Waals surface area contributed by atoms with Crippen molar-refractivity contribution in [2.45, 2.75) is 109 Å². The van der Waals surface area contributed by atoms with E-state index in [-0.39, 0.29) is 49.0 Å². The lowest BCUT2D eigenvalue weighted by molar-refractivity contribution is -0.142. The number of aromatic nitrogens is 2. The fraction of sp³-hybridized carbons (Fsp3) is 0.465. The van der Waals surface area contributed by atoms with Gasteiger partial charge in [0.2, 0.25) is 35.4 Å². The number of rotatable bonds is 26. The molecule has 7 atom stereocenters. The summed E-state index contributed by atoms with van der Waals surface area (Å²) in [5, 5.41) is 44.4. The summed E-state index contributed by atoms with van der Waals surface area (Å²) in [6, 6.07) is 5.23. The van der Waals surface area contributed by atoms with Gasteiger partial charge in [0.1, 0.15) is 42.0 Å². The van der Waals surface area contributed by atoms with Gasteiger partial charge >= 0.3 is 11.9 Å². The normalized spacial score (nSPS) is 14.4. The predicted molar refractivity (Wildman–Crippen MR) is 236 cm³/mol. The van der Waals surface area contributed by atoms with Crippen molar-refractivity contribution in [2.24, 2.45) is 17.6 Å². The Hall–Kier alpha value is -6.48. The summed E-state index contributed by atoms with van der Waals surface area (Å²) in [5.74, 6) is -8.43. The molecular formula is C43H59N9O11S. The van der Waals surface area contributed by atoms with Crippen molar-refractivity contribution in [2.75, 3.05) is 5.75 Å². The molecule has 2 aromatic carbocycles. The molecule has 6 amide bonds. The molecular weight excluding hydrogens is 851 g/mol. The van der Waals surface area contributed by atoms with E-state index in [1.54, 1.807) is 70.2 Å². The van der Waals surface area contributed by atoms with Crippen molar-refractivity contribution in [3.8, 4) is 5.75 Å². The van der Waals surface area contributed by atoms with Crippen LogP contribution in [-0.2, 0) is 57.6 Å². The van der Waals surface area contributed by atoms with Crippen molar-refractivity contribution in [3.63, 3.8) is 0 Å². The van der Waals surface area contributed by atoms with E-state index >= 15 is 0 Å². The summed E-state index contributed by atoms with van der Waals surface area (Å²) in [5.41, 5.74) is 7.70. The molecule has 0 aliphatic rings. The third-order valence-corrected chi connectivity index (χ3v) is 10.3. The molecule has 3 aromatic rings. The maximum atomic E-state index is 14.2. The number of hydrogen-bond acceptors (Lipinski definition) is 12. The van der Waals surface area contributed by atoms with E-state index in [0.29, 0.717) is 16.8 Å². The minimum absolute atomic E-state index is 0.0157. The smallest absolute Gasteiger partial charge is 0.326 e. The largest absolute Gasteiger partial charge is 0.508 e. The summed E-state index contributed by atoms with van der Waals surface area (Å²) in [7, 11) is 0. The lowest BCUT2D eigenvalue weighted by Crippen LogP contribution is -2.60. The number of benzene rings is 2. The standard InChI is InChI=1S/C43H59N9O11S/c1-23(2)16-30(38(57)47-29(14-15-35(54)55)37(56)52-34(21-64)41(60)51-33(43(62)63)18-25-8-6-5-7-9-25)48-40(59)32(19-27-20-45-22-46-27)49-39(58)31(50-42(61)36(44)24(3)4)17-26-10-12-28(53)13-11-26/h5-13,20,22-24,29-34,36,53,64H,14-19,21,44H2,1-4H3,(H,45,46)(H,47,57)(H,48,59)(H,49,58)(H,50,61)(H,51,60)(H,52,56)(H,54,55)(H,62,63). The van der Waals surface area contributed by atoms with E-state index in [9.17, 15) is 53.7 Å². The molecule has 3 rings (SSSR count). The van der Waals surface area contributed by atoms with Gasteiger partial charge in [-0.15, -0.1) is 0 Å². The van der Waals surface area contributed by atoms with Crippen LogP contribution in [0.25, 0.3) is 0 Å². The Morgan fingerprint density at radius 3 is 1.67 bits per heavy atom. The van der Waals surface area contributed by atoms with Crippen molar-refractivity contribution in [3.05, 3.63) is 83.9 Å². The lowest BCUT2D eigenvalue weighted by Gasteiger charge is -2.28. The molecule has 0 aliphatic heterocycles. The van der Waals surface area contributed by atoms with Gasteiger partial charge in [-0.05, 0) is 47.9 Å². The third kappa shape index (κ3) is 17.4. The van der Waals surface area contributed by atoms with E-state index < -0.39 is 103 Å². The number of phenolic OH excluding ortho intramolecular Hbond substituents is 1. The number of phenols is 1. The fourth-order valence-electron chi connectivity index (χ4n) is 6.32. The van der Waals surface area contributed by atoms with Crippen LogP contribution in [0.5, 0.6) is 5.75 Å². The van der Waals surface area contributed by atoms with E-state index in [0.717, 1.165) is 0 Å². The van der Waals surface area contributed by atoms with Gasteiger partial charge in [0.05, 0.1) is 12.4 Å². The number of carbonyl (C=O) groups excluding carboxylic acids is 6. The van der Waals surface area contributed by atoms with Crippen LogP contribution in [0.2, 0.25) is 0 Å². The number of aromatic hydroxyl groups is 1. The molecule has 0 saturated carbocycles. The van der Waals surface area contributed by atoms with E-state index in [4.69, 9.17) is 5.73 Å². The van der Waals surface area contributed by atoms with Gasteiger partial charge in [0.25, 0.3) is 0 Å². The first-order valence-electron chi connectivity index (χ1n) is 20.7. The molecule has 21 heteroatoms. The number of nitrogens with two attached hydrogens (primary N) is 1. The van der Waals surface area contributed by atoms with Crippen molar-refractivity contribution in [1.29, 1.82) is 0 Å². The van der Waals surface area contributed by atoms with Crippen LogP contribution in [-0.4, -0.2) is 121 Å². The number of nitrogens with zero attached hydrogens (tertiary/aromatic N) is 1. The van der Waals surface area contributed by atoms with E-state index in [2.05, 4.69) is 54.5 Å². The topological polar surface area (TPSA) is 324 Å². The Morgan fingerprint density at radius 1 is 0.641 bits per heavy atom.